The molecule has 1 amide bonds. The largest absolute Gasteiger partial charge is 0.497 e. The van der Waals surface area contributed by atoms with Crippen molar-refractivity contribution >= 4 is 12.0 Å². The van der Waals surface area contributed by atoms with Crippen LogP contribution in [-0.2, 0) is 11.2 Å². The lowest BCUT2D eigenvalue weighted by Gasteiger charge is -2.06. The van der Waals surface area contributed by atoms with E-state index in [1.165, 1.54) is 30.0 Å². The number of aryl methyl sites for hydroxylation is 1. The van der Waals surface area contributed by atoms with Crippen LogP contribution in [0.5, 0.6) is 17.2 Å². The molecule has 0 radical (unpaired) electrons. The summed E-state index contributed by atoms with van der Waals surface area (Å²) in [5.41, 5.74) is 1.75. The number of methoxy groups -OCH3 is 1. The molecule has 5 nitrogen and oxygen atoms in total. The minimum Gasteiger partial charge on any atom is -0.497 e. The van der Waals surface area contributed by atoms with Gasteiger partial charge in [-0.3, -0.25) is 9.78 Å². The minimum absolute atomic E-state index is 0.100. The molecule has 0 aliphatic rings. The quantitative estimate of drug-likeness (QED) is 0.410. The van der Waals surface area contributed by atoms with Crippen LogP contribution in [0.25, 0.3) is 6.08 Å². The Kier molecular flexibility index (Phi) is 7.55. The van der Waals surface area contributed by atoms with Gasteiger partial charge in [-0.05, 0) is 66.4 Å². The molecule has 6 heteroatoms. The van der Waals surface area contributed by atoms with Gasteiger partial charge in [-0.25, -0.2) is 4.39 Å². The third-order valence-electron chi connectivity index (χ3n) is 4.35. The molecule has 30 heavy (non-hydrogen) atoms. The van der Waals surface area contributed by atoms with Crippen molar-refractivity contribution in [1.29, 1.82) is 0 Å². The summed E-state index contributed by atoms with van der Waals surface area (Å²) < 4.78 is 24.8. The predicted molar refractivity (Wildman–Crippen MR) is 114 cm³/mol. The molecule has 0 fully saturated rings. The summed E-state index contributed by atoms with van der Waals surface area (Å²) in [6.07, 6.45) is 7.76. The molecule has 154 valence electrons. The summed E-state index contributed by atoms with van der Waals surface area (Å²) in [4.78, 5) is 15.9. The van der Waals surface area contributed by atoms with Gasteiger partial charge in [-0.15, -0.1) is 0 Å². The first-order chi connectivity index (χ1) is 14.6. The molecular weight excluding hydrogens is 383 g/mol. The molecule has 1 N–H and O–H groups in total. The van der Waals surface area contributed by atoms with E-state index in [1.54, 1.807) is 37.6 Å². The highest BCUT2D eigenvalue weighted by Crippen LogP contribution is 2.24. The number of amides is 1. The van der Waals surface area contributed by atoms with Crippen LogP contribution in [0.2, 0.25) is 0 Å². The number of ether oxygens (including phenoxy) is 2. The zero-order valence-corrected chi connectivity index (χ0v) is 16.7. The Labute approximate surface area is 175 Å². The number of nitrogens with one attached hydrogen (secondary N) is 1. The van der Waals surface area contributed by atoms with Crippen molar-refractivity contribution in [2.75, 3.05) is 13.7 Å². The van der Waals surface area contributed by atoms with E-state index in [-0.39, 0.29) is 11.7 Å². The van der Waals surface area contributed by atoms with Crippen LogP contribution in [-0.4, -0.2) is 24.5 Å². The average Bonchev–Trinajstić information content (AvgIpc) is 2.78. The standard InChI is InChI=1S/C24H23FN2O3/c1-29-20-10-6-18(7-11-20)4-2-15-27-24(28)13-9-19-8-12-23(22(25)16-19)30-21-5-3-14-26-17-21/h3,5-14,16-17H,2,4,15H2,1H3,(H,27,28)/b13-9+. The van der Waals surface area contributed by atoms with Gasteiger partial charge in [0.1, 0.15) is 11.5 Å². The van der Waals surface area contributed by atoms with Crippen molar-refractivity contribution in [2.24, 2.45) is 0 Å². The molecular formula is C24H23FN2O3. The third kappa shape index (κ3) is 6.44. The van der Waals surface area contributed by atoms with Crippen molar-refractivity contribution < 1.29 is 18.7 Å². The third-order valence-corrected chi connectivity index (χ3v) is 4.35. The van der Waals surface area contributed by atoms with Crippen LogP contribution in [0.3, 0.4) is 0 Å². The van der Waals surface area contributed by atoms with Crippen molar-refractivity contribution in [3.63, 3.8) is 0 Å². The maximum absolute atomic E-state index is 14.2. The Bertz CT molecular complexity index is 989. The lowest BCUT2D eigenvalue weighted by molar-refractivity contribution is -0.116. The fourth-order valence-electron chi connectivity index (χ4n) is 2.77. The molecule has 0 bridgehead atoms. The van der Waals surface area contributed by atoms with Gasteiger partial charge in [0.15, 0.2) is 11.6 Å². The molecule has 0 saturated carbocycles. The molecule has 3 aromatic rings. The van der Waals surface area contributed by atoms with Gasteiger partial charge in [0.2, 0.25) is 5.91 Å². The maximum Gasteiger partial charge on any atom is 0.243 e. The molecule has 1 heterocycles. The van der Waals surface area contributed by atoms with E-state index in [0.717, 1.165) is 18.6 Å². The Hall–Kier alpha value is -3.67. The molecule has 0 aliphatic carbocycles. The second-order valence-corrected chi connectivity index (χ2v) is 6.56. The highest BCUT2D eigenvalue weighted by Gasteiger charge is 2.05. The molecule has 0 aliphatic heterocycles. The van der Waals surface area contributed by atoms with Gasteiger partial charge < -0.3 is 14.8 Å². The first-order valence-corrected chi connectivity index (χ1v) is 9.60. The fourth-order valence-corrected chi connectivity index (χ4v) is 2.77. The number of halogens is 1. The number of benzene rings is 2. The number of pyridine rings is 1. The van der Waals surface area contributed by atoms with Crippen LogP contribution in [0.4, 0.5) is 4.39 Å². The highest BCUT2D eigenvalue weighted by molar-refractivity contribution is 5.91. The minimum atomic E-state index is -0.513. The SMILES string of the molecule is COc1ccc(CCCNC(=O)/C=C/c2ccc(Oc3cccnc3)c(F)c2)cc1. The van der Waals surface area contributed by atoms with Crippen LogP contribution < -0.4 is 14.8 Å². The number of rotatable bonds is 9. The van der Waals surface area contributed by atoms with E-state index in [2.05, 4.69) is 10.3 Å². The molecule has 0 unspecified atom stereocenters. The number of aromatic nitrogens is 1. The average molecular weight is 406 g/mol. The fraction of sp³-hybridized carbons (Fsp3) is 0.167. The first kappa shape index (κ1) is 21.0. The van der Waals surface area contributed by atoms with Gasteiger partial charge >= 0.3 is 0 Å². The van der Waals surface area contributed by atoms with E-state index in [4.69, 9.17) is 9.47 Å². The molecule has 0 spiro atoms. The van der Waals surface area contributed by atoms with E-state index in [1.807, 2.05) is 24.3 Å². The number of carbonyl (C=O) groups is 1. The predicted octanol–water partition coefficient (Wildman–Crippen LogP) is 4.78. The Morgan fingerprint density at radius 1 is 1.13 bits per heavy atom. The van der Waals surface area contributed by atoms with Gasteiger partial charge in [0.05, 0.1) is 13.3 Å². The van der Waals surface area contributed by atoms with Crippen LogP contribution in [0, 0.1) is 5.82 Å². The zero-order chi connectivity index (χ0) is 21.2. The van der Waals surface area contributed by atoms with E-state index in [9.17, 15) is 9.18 Å². The number of nitrogens with zero attached hydrogens (tertiary/aromatic N) is 1. The second-order valence-electron chi connectivity index (χ2n) is 6.56. The lowest BCUT2D eigenvalue weighted by Crippen LogP contribution is -2.22. The van der Waals surface area contributed by atoms with Crippen molar-refractivity contribution in [2.45, 2.75) is 12.8 Å². The Balaban J connectivity index is 1.44. The number of hydrogen-bond acceptors (Lipinski definition) is 4. The lowest BCUT2D eigenvalue weighted by atomic mass is 10.1. The van der Waals surface area contributed by atoms with Crippen LogP contribution in [0.15, 0.2) is 73.1 Å². The Morgan fingerprint density at radius 2 is 1.97 bits per heavy atom. The summed E-state index contributed by atoms with van der Waals surface area (Å²) in [7, 11) is 1.64. The van der Waals surface area contributed by atoms with E-state index >= 15 is 0 Å². The van der Waals surface area contributed by atoms with Crippen molar-refractivity contribution in [3.05, 3.63) is 90.0 Å². The zero-order valence-electron chi connectivity index (χ0n) is 16.7. The maximum atomic E-state index is 14.2. The monoisotopic (exact) mass is 406 g/mol. The summed E-state index contributed by atoms with van der Waals surface area (Å²) in [6, 6.07) is 15.8. The number of carbonyl (C=O) groups excluding carboxylic acids is 1. The van der Waals surface area contributed by atoms with Gasteiger partial charge in [-0.2, -0.15) is 0 Å². The molecule has 1 aromatic heterocycles. The molecule has 0 saturated heterocycles. The molecule has 2 aromatic carbocycles. The van der Waals surface area contributed by atoms with Crippen LogP contribution in [0.1, 0.15) is 17.5 Å². The highest BCUT2D eigenvalue weighted by atomic mass is 19.1. The first-order valence-electron chi connectivity index (χ1n) is 9.60. The van der Waals surface area contributed by atoms with Gasteiger partial charge in [0.25, 0.3) is 0 Å². The molecule has 0 atom stereocenters. The molecule has 3 rings (SSSR count). The summed E-state index contributed by atoms with van der Waals surface area (Å²) in [5, 5.41) is 2.83. The summed E-state index contributed by atoms with van der Waals surface area (Å²) in [6.45, 7) is 0.557. The van der Waals surface area contributed by atoms with E-state index in [0.29, 0.717) is 17.9 Å². The van der Waals surface area contributed by atoms with Crippen molar-refractivity contribution in [1.82, 2.24) is 10.3 Å². The second kappa shape index (κ2) is 10.8. The number of hydrogen-bond donors (Lipinski definition) is 1. The van der Waals surface area contributed by atoms with Crippen molar-refractivity contribution in [3.8, 4) is 17.2 Å². The summed E-state index contributed by atoms with van der Waals surface area (Å²) >= 11 is 0. The van der Waals surface area contributed by atoms with Gasteiger partial charge in [0, 0.05) is 18.8 Å². The van der Waals surface area contributed by atoms with Gasteiger partial charge in [-0.1, -0.05) is 18.2 Å². The van der Waals surface area contributed by atoms with E-state index < -0.39 is 5.82 Å². The topological polar surface area (TPSA) is 60.5 Å². The summed E-state index contributed by atoms with van der Waals surface area (Å²) in [5.74, 6) is 0.642. The smallest absolute Gasteiger partial charge is 0.243 e. The van der Waals surface area contributed by atoms with Crippen LogP contribution >= 0.6 is 0 Å². The Morgan fingerprint density at radius 3 is 2.67 bits per heavy atom. The normalized spacial score (nSPS) is 10.7.